The second-order valence-corrected chi connectivity index (χ2v) is 3.44. The predicted octanol–water partition coefficient (Wildman–Crippen LogP) is 2.25. The fraction of sp³-hybridized carbons (Fsp3) is 0.100. The van der Waals surface area contributed by atoms with E-state index < -0.39 is 23.5 Å². The molecule has 0 aliphatic carbocycles. The lowest BCUT2D eigenvalue weighted by Crippen LogP contribution is -2.20. The second-order valence-electron chi connectivity index (χ2n) is 3.44. The average molecular weight is 272 g/mol. The number of nitrogens with one attached hydrogen (secondary N) is 1. The number of halogens is 3. The van der Waals surface area contributed by atoms with Crippen molar-refractivity contribution in [3.05, 3.63) is 30.3 Å². The number of alkyl halides is 3. The Morgan fingerprint density at radius 1 is 1.37 bits per heavy atom. The number of carbonyl (C=O) groups excluding carboxylic acids is 1. The van der Waals surface area contributed by atoms with Crippen molar-refractivity contribution >= 4 is 11.7 Å². The number of pyridine rings is 1. The molecule has 19 heavy (non-hydrogen) atoms. The van der Waals surface area contributed by atoms with Crippen LogP contribution in [0.25, 0.3) is 11.6 Å². The van der Waals surface area contributed by atoms with Gasteiger partial charge in [0.2, 0.25) is 5.89 Å². The summed E-state index contributed by atoms with van der Waals surface area (Å²) in [6.07, 6.45) is -1.31. The third kappa shape index (κ3) is 2.81. The van der Waals surface area contributed by atoms with Gasteiger partial charge in [0.05, 0.1) is 23.6 Å². The van der Waals surface area contributed by atoms with E-state index in [9.17, 15) is 18.0 Å². The predicted molar refractivity (Wildman–Crippen MR) is 57.9 cm³/mol. The van der Waals surface area contributed by atoms with Crippen LogP contribution in [-0.4, -0.2) is 16.0 Å². The van der Waals surface area contributed by atoms with E-state index in [0.717, 1.165) is 12.5 Å². The molecule has 0 radical (unpaired) electrons. The molecule has 2 amide bonds. The van der Waals surface area contributed by atoms with Crippen molar-refractivity contribution in [3.63, 3.8) is 0 Å². The van der Waals surface area contributed by atoms with E-state index in [2.05, 4.69) is 9.97 Å². The molecule has 0 atom stereocenters. The van der Waals surface area contributed by atoms with Gasteiger partial charge in [-0.3, -0.25) is 0 Å². The van der Waals surface area contributed by atoms with E-state index >= 15 is 0 Å². The number of carbonyl (C=O) groups is 1. The SMILES string of the molecule is NC(=O)Nc1cnc(-c2ncco2)c(C(F)(F)F)c1. The summed E-state index contributed by atoms with van der Waals surface area (Å²) in [6, 6.07) is -0.282. The number of nitrogens with zero attached hydrogens (tertiary/aromatic N) is 2. The van der Waals surface area contributed by atoms with Gasteiger partial charge in [0.1, 0.15) is 12.0 Å². The Morgan fingerprint density at radius 2 is 2.11 bits per heavy atom. The number of oxazole rings is 1. The monoisotopic (exact) mass is 272 g/mol. The van der Waals surface area contributed by atoms with Crippen LogP contribution >= 0.6 is 0 Å². The maximum atomic E-state index is 12.9. The number of urea groups is 1. The van der Waals surface area contributed by atoms with Crippen LogP contribution < -0.4 is 11.1 Å². The van der Waals surface area contributed by atoms with Gasteiger partial charge in [-0.2, -0.15) is 13.2 Å². The summed E-state index contributed by atoms with van der Waals surface area (Å²) < 4.78 is 43.5. The summed E-state index contributed by atoms with van der Waals surface area (Å²) in [6.45, 7) is 0. The van der Waals surface area contributed by atoms with Crippen molar-refractivity contribution in [1.82, 2.24) is 9.97 Å². The van der Waals surface area contributed by atoms with Crippen molar-refractivity contribution in [1.29, 1.82) is 0 Å². The Balaban J connectivity index is 2.53. The van der Waals surface area contributed by atoms with E-state index in [1.807, 2.05) is 5.32 Å². The molecular weight excluding hydrogens is 265 g/mol. The first-order valence-corrected chi connectivity index (χ1v) is 4.91. The highest BCUT2D eigenvalue weighted by Gasteiger charge is 2.36. The molecule has 0 fully saturated rings. The maximum absolute atomic E-state index is 12.9. The van der Waals surface area contributed by atoms with Gasteiger partial charge in [-0.25, -0.2) is 14.8 Å². The minimum Gasteiger partial charge on any atom is -0.443 e. The lowest BCUT2D eigenvalue weighted by atomic mass is 10.1. The molecule has 0 aliphatic rings. The first-order valence-electron chi connectivity index (χ1n) is 4.91. The van der Waals surface area contributed by atoms with E-state index in [4.69, 9.17) is 10.2 Å². The number of nitrogens with two attached hydrogens (primary N) is 1. The number of hydrogen-bond donors (Lipinski definition) is 2. The normalized spacial score (nSPS) is 11.3. The molecule has 6 nitrogen and oxygen atoms in total. The lowest BCUT2D eigenvalue weighted by molar-refractivity contribution is -0.137. The summed E-state index contributed by atoms with van der Waals surface area (Å²) in [5.74, 6) is -0.266. The van der Waals surface area contributed by atoms with E-state index in [-0.39, 0.29) is 11.6 Å². The first-order chi connectivity index (χ1) is 8.88. The fourth-order valence-corrected chi connectivity index (χ4v) is 1.40. The highest BCUT2D eigenvalue weighted by molar-refractivity contribution is 5.87. The summed E-state index contributed by atoms with van der Waals surface area (Å²) in [4.78, 5) is 17.8. The standard InChI is InChI=1S/C10H7F3N4O2/c11-10(12,13)6-3-5(17-9(14)18)4-16-7(6)8-15-1-2-19-8/h1-4H,(H3,14,17,18). The molecule has 2 rings (SSSR count). The molecule has 2 aromatic heterocycles. The number of rotatable bonds is 2. The first kappa shape index (κ1) is 12.9. The Morgan fingerprint density at radius 3 is 2.63 bits per heavy atom. The van der Waals surface area contributed by atoms with E-state index in [1.54, 1.807) is 0 Å². The molecular formula is C10H7F3N4O2. The number of aromatic nitrogens is 2. The van der Waals surface area contributed by atoms with Gasteiger partial charge >= 0.3 is 12.2 Å². The fourth-order valence-electron chi connectivity index (χ4n) is 1.40. The number of hydrogen-bond acceptors (Lipinski definition) is 4. The topological polar surface area (TPSA) is 94.0 Å². The summed E-state index contributed by atoms with van der Waals surface area (Å²) in [5, 5.41) is 2.02. The molecule has 2 heterocycles. The van der Waals surface area contributed by atoms with Crippen LogP contribution in [0.3, 0.4) is 0 Å². The Bertz CT molecular complexity index is 595. The highest BCUT2D eigenvalue weighted by atomic mass is 19.4. The van der Waals surface area contributed by atoms with Crippen LogP contribution in [0, 0.1) is 0 Å². The smallest absolute Gasteiger partial charge is 0.418 e. The summed E-state index contributed by atoms with van der Waals surface area (Å²) >= 11 is 0. The molecule has 9 heteroatoms. The van der Waals surface area contributed by atoms with Crippen LogP contribution in [0.4, 0.5) is 23.7 Å². The Labute approximate surface area is 104 Å². The van der Waals surface area contributed by atoms with Gasteiger partial charge in [0.25, 0.3) is 0 Å². The lowest BCUT2D eigenvalue weighted by Gasteiger charge is -2.11. The van der Waals surface area contributed by atoms with Gasteiger partial charge in [-0.1, -0.05) is 0 Å². The molecule has 2 aromatic rings. The average Bonchev–Trinajstić information content (AvgIpc) is 2.80. The minimum atomic E-state index is -4.67. The van der Waals surface area contributed by atoms with Crippen molar-refractivity contribution in [2.24, 2.45) is 5.73 Å². The largest absolute Gasteiger partial charge is 0.443 e. The van der Waals surface area contributed by atoms with Crippen molar-refractivity contribution in [2.45, 2.75) is 6.18 Å². The Hall–Kier alpha value is -2.58. The zero-order valence-corrected chi connectivity index (χ0v) is 9.23. The van der Waals surface area contributed by atoms with Crippen LogP contribution in [0.5, 0.6) is 0 Å². The summed E-state index contributed by atoms with van der Waals surface area (Å²) in [7, 11) is 0. The van der Waals surface area contributed by atoms with Crippen LogP contribution in [-0.2, 0) is 6.18 Å². The van der Waals surface area contributed by atoms with Gasteiger partial charge < -0.3 is 15.5 Å². The second kappa shape index (κ2) is 4.59. The molecule has 0 aliphatic heterocycles. The molecule has 0 unspecified atom stereocenters. The number of primary amides is 1. The Kier molecular flexibility index (Phi) is 3.11. The van der Waals surface area contributed by atoms with Gasteiger partial charge in [-0.15, -0.1) is 0 Å². The number of anilines is 1. The van der Waals surface area contributed by atoms with Crippen molar-refractivity contribution in [3.8, 4) is 11.6 Å². The molecule has 0 aromatic carbocycles. The van der Waals surface area contributed by atoms with Crippen LogP contribution in [0.1, 0.15) is 5.56 Å². The third-order valence-electron chi connectivity index (χ3n) is 2.10. The number of amides is 2. The zero-order valence-electron chi connectivity index (χ0n) is 9.23. The van der Waals surface area contributed by atoms with Gasteiger partial charge in [-0.05, 0) is 6.07 Å². The molecule has 3 N–H and O–H groups in total. The zero-order chi connectivity index (χ0) is 14.0. The highest BCUT2D eigenvalue weighted by Crippen LogP contribution is 2.36. The quantitative estimate of drug-likeness (QED) is 0.876. The molecule has 0 spiro atoms. The maximum Gasteiger partial charge on any atom is 0.418 e. The summed E-state index contributed by atoms with van der Waals surface area (Å²) in [5.41, 5.74) is 3.11. The van der Waals surface area contributed by atoms with Crippen LogP contribution in [0.2, 0.25) is 0 Å². The van der Waals surface area contributed by atoms with E-state index in [1.165, 1.54) is 6.20 Å². The van der Waals surface area contributed by atoms with Crippen molar-refractivity contribution < 1.29 is 22.4 Å². The third-order valence-corrected chi connectivity index (χ3v) is 2.10. The van der Waals surface area contributed by atoms with Crippen molar-refractivity contribution in [2.75, 3.05) is 5.32 Å². The molecule has 0 bridgehead atoms. The van der Waals surface area contributed by atoms with Crippen LogP contribution in [0.15, 0.2) is 29.1 Å². The van der Waals surface area contributed by atoms with Gasteiger partial charge in [0.15, 0.2) is 0 Å². The molecule has 100 valence electrons. The van der Waals surface area contributed by atoms with Gasteiger partial charge in [0, 0.05) is 0 Å². The minimum absolute atomic E-state index is 0.171. The molecule has 0 saturated carbocycles. The molecule has 0 saturated heterocycles. The van der Waals surface area contributed by atoms with E-state index in [0.29, 0.717) is 6.07 Å².